The van der Waals surface area contributed by atoms with Gasteiger partial charge >= 0.3 is 0 Å². The summed E-state index contributed by atoms with van der Waals surface area (Å²) in [6.07, 6.45) is 1.14. The van der Waals surface area contributed by atoms with Crippen LogP contribution >= 0.6 is 11.6 Å². The lowest BCUT2D eigenvalue weighted by Gasteiger charge is -2.06. The Bertz CT molecular complexity index is 536. The fourth-order valence-corrected chi connectivity index (χ4v) is 2.44. The number of rotatable bonds is 3. The summed E-state index contributed by atoms with van der Waals surface area (Å²) in [7, 11) is 0. The molecule has 4 heteroatoms. The van der Waals surface area contributed by atoms with Gasteiger partial charge in [0.1, 0.15) is 16.8 Å². The molecule has 0 amide bonds. The van der Waals surface area contributed by atoms with E-state index in [1.807, 2.05) is 13.0 Å². The van der Waals surface area contributed by atoms with E-state index in [4.69, 9.17) is 11.6 Å². The standard InChI is InChI=1S/C14H14ClN3/c1-9-16-13(15)8-14(17-9)18-12-7-11(12)10-5-3-2-4-6-10/h2-6,8,11-12H,7H2,1H3,(H,16,17,18). The monoisotopic (exact) mass is 259 g/mol. The minimum Gasteiger partial charge on any atom is -0.367 e. The Kier molecular flexibility index (Phi) is 2.92. The van der Waals surface area contributed by atoms with Gasteiger partial charge in [-0.3, -0.25) is 0 Å². The molecule has 2 unspecified atom stereocenters. The zero-order chi connectivity index (χ0) is 12.5. The molecule has 1 heterocycles. The number of nitrogens with one attached hydrogen (secondary N) is 1. The van der Waals surface area contributed by atoms with Crippen LogP contribution in [0.25, 0.3) is 0 Å². The molecule has 0 radical (unpaired) electrons. The van der Waals surface area contributed by atoms with E-state index in [-0.39, 0.29) is 0 Å². The number of aromatic nitrogens is 2. The van der Waals surface area contributed by atoms with Crippen LogP contribution in [-0.4, -0.2) is 16.0 Å². The van der Waals surface area contributed by atoms with Gasteiger partial charge in [-0.25, -0.2) is 9.97 Å². The van der Waals surface area contributed by atoms with E-state index >= 15 is 0 Å². The van der Waals surface area contributed by atoms with Crippen LogP contribution in [0.2, 0.25) is 5.15 Å². The van der Waals surface area contributed by atoms with Gasteiger partial charge in [0.25, 0.3) is 0 Å². The zero-order valence-corrected chi connectivity index (χ0v) is 10.9. The van der Waals surface area contributed by atoms with Crippen LogP contribution in [0.15, 0.2) is 36.4 Å². The first-order valence-corrected chi connectivity index (χ1v) is 6.43. The summed E-state index contributed by atoms with van der Waals surface area (Å²) in [5.74, 6) is 2.10. The normalized spacial score (nSPS) is 21.7. The minimum atomic E-state index is 0.456. The number of benzene rings is 1. The highest BCUT2D eigenvalue weighted by atomic mass is 35.5. The molecule has 1 saturated carbocycles. The minimum absolute atomic E-state index is 0.456. The smallest absolute Gasteiger partial charge is 0.134 e. The topological polar surface area (TPSA) is 37.8 Å². The van der Waals surface area contributed by atoms with Crippen molar-refractivity contribution in [3.8, 4) is 0 Å². The van der Waals surface area contributed by atoms with Gasteiger partial charge in [0.15, 0.2) is 0 Å². The largest absolute Gasteiger partial charge is 0.367 e. The fourth-order valence-electron chi connectivity index (χ4n) is 2.22. The van der Waals surface area contributed by atoms with Crippen molar-refractivity contribution in [3.05, 3.63) is 52.9 Å². The van der Waals surface area contributed by atoms with E-state index in [0.717, 1.165) is 12.2 Å². The van der Waals surface area contributed by atoms with Gasteiger partial charge in [0.2, 0.25) is 0 Å². The summed E-state index contributed by atoms with van der Waals surface area (Å²) < 4.78 is 0. The highest BCUT2D eigenvalue weighted by Gasteiger charge is 2.38. The summed E-state index contributed by atoms with van der Waals surface area (Å²) in [6.45, 7) is 1.85. The molecular formula is C14H14ClN3. The highest BCUT2D eigenvalue weighted by Crippen LogP contribution is 2.42. The third-order valence-electron chi connectivity index (χ3n) is 3.16. The quantitative estimate of drug-likeness (QED) is 0.859. The Morgan fingerprint density at radius 1 is 1.22 bits per heavy atom. The lowest BCUT2D eigenvalue weighted by atomic mass is 10.1. The first-order valence-electron chi connectivity index (χ1n) is 6.05. The van der Waals surface area contributed by atoms with Crippen molar-refractivity contribution in [2.24, 2.45) is 0 Å². The Balaban J connectivity index is 1.69. The molecule has 1 aromatic heterocycles. The number of halogens is 1. The number of anilines is 1. The molecule has 2 atom stereocenters. The van der Waals surface area contributed by atoms with Crippen molar-refractivity contribution in [2.75, 3.05) is 5.32 Å². The summed E-state index contributed by atoms with van der Waals surface area (Å²) in [5.41, 5.74) is 1.38. The molecule has 0 aliphatic heterocycles. The maximum absolute atomic E-state index is 5.92. The maximum Gasteiger partial charge on any atom is 0.134 e. The summed E-state index contributed by atoms with van der Waals surface area (Å²) in [4.78, 5) is 8.39. The number of nitrogens with zero attached hydrogens (tertiary/aromatic N) is 2. The number of hydrogen-bond acceptors (Lipinski definition) is 3. The summed E-state index contributed by atoms with van der Waals surface area (Å²) >= 11 is 5.92. The van der Waals surface area contributed by atoms with Crippen LogP contribution in [0.1, 0.15) is 23.7 Å². The van der Waals surface area contributed by atoms with Gasteiger partial charge in [-0.2, -0.15) is 0 Å². The van der Waals surface area contributed by atoms with Gasteiger partial charge in [0, 0.05) is 18.0 Å². The van der Waals surface area contributed by atoms with E-state index in [1.165, 1.54) is 5.56 Å². The lowest BCUT2D eigenvalue weighted by molar-refractivity contribution is 0.995. The lowest BCUT2D eigenvalue weighted by Crippen LogP contribution is -2.07. The van der Waals surface area contributed by atoms with Crippen LogP contribution in [-0.2, 0) is 0 Å². The Hall–Kier alpha value is -1.61. The van der Waals surface area contributed by atoms with Gasteiger partial charge in [-0.1, -0.05) is 41.9 Å². The van der Waals surface area contributed by atoms with Crippen molar-refractivity contribution < 1.29 is 0 Å². The molecule has 0 bridgehead atoms. The molecule has 3 rings (SSSR count). The molecule has 0 spiro atoms. The molecule has 1 fully saturated rings. The van der Waals surface area contributed by atoms with E-state index in [2.05, 4.69) is 39.6 Å². The molecule has 1 aromatic carbocycles. The zero-order valence-electron chi connectivity index (χ0n) is 10.1. The van der Waals surface area contributed by atoms with Crippen molar-refractivity contribution >= 4 is 17.4 Å². The molecule has 3 nitrogen and oxygen atoms in total. The van der Waals surface area contributed by atoms with Crippen molar-refractivity contribution in [3.63, 3.8) is 0 Å². The molecule has 1 N–H and O–H groups in total. The van der Waals surface area contributed by atoms with E-state index in [1.54, 1.807) is 6.07 Å². The van der Waals surface area contributed by atoms with E-state index in [0.29, 0.717) is 22.9 Å². The predicted octanol–water partition coefficient (Wildman–Crippen LogP) is 3.41. The van der Waals surface area contributed by atoms with Crippen LogP contribution in [0, 0.1) is 6.92 Å². The second-order valence-electron chi connectivity index (χ2n) is 4.63. The SMILES string of the molecule is Cc1nc(Cl)cc(NC2CC2c2ccccc2)n1. The Morgan fingerprint density at radius 2 is 2.00 bits per heavy atom. The van der Waals surface area contributed by atoms with Crippen LogP contribution in [0.4, 0.5) is 5.82 Å². The van der Waals surface area contributed by atoms with Crippen molar-refractivity contribution in [1.29, 1.82) is 0 Å². The predicted molar refractivity (Wildman–Crippen MR) is 73.0 cm³/mol. The van der Waals surface area contributed by atoms with Gasteiger partial charge in [-0.15, -0.1) is 0 Å². The molecule has 18 heavy (non-hydrogen) atoms. The molecule has 1 aliphatic carbocycles. The highest BCUT2D eigenvalue weighted by molar-refractivity contribution is 6.29. The number of hydrogen-bond donors (Lipinski definition) is 1. The maximum atomic E-state index is 5.92. The Morgan fingerprint density at radius 3 is 2.72 bits per heavy atom. The van der Waals surface area contributed by atoms with Gasteiger partial charge < -0.3 is 5.32 Å². The first kappa shape index (κ1) is 11.5. The second-order valence-corrected chi connectivity index (χ2v) is 5.01. The number of aryl methyl sites for hydroxylation is 1. The van der Waals surface area contributed by atoms with Gasteiger partial charge in [-0.05, 0) is 18.9 Å². The molecule has 0 saturated heterocycles. The first-order chi connectivity index (χ1) is 8.72. The van der Waals surface area contributed by atoms with Crippen LogP contribution in [0.5, 0.6) is 0 Å². The Labute approximate surface area is 111 Å². The van der Waals surface area contributed by atoms with Crippen LogP contribution in [0.3, 0.4) is 0 Å². The molecular weight excluding hydrogens is 246 g/mol. The molecule has 2 aromatic rings. The average Bonchev–Trinajstić information content (AvgIpc) is 3.08. The van der Waals surface area contributed by atoms with Crippen LogP contribution < -0.4 is 5.32 Å². The third-order valence-corrected chi connectivity index (χ3v) is 3.35. The van der Waals surface area contributed by atoms with E-state index in [9.17, 15) is 0 Å². The molecule has 1 aliphatic rings. The third kappa shape index (κ3) is 2.46. The van der Waals surface area contributed by atoms with Crippen molar-refractivity contribution in [1.82, 2.24) is 9.97 Å². The van der Waals surface area contributed by atoms with Crippen molar-refractivity contribution in [2.45, 2.75) is 25.3 Å². The fraction of sp³-hybridized carbons (Fsp3) is 0.286. The van der Waals surface area contributed by atoms with Gasteiger partial charge in [0.05, 0.1) is 0 Å². The van der Waals surface area contributed by atoms with E-state index < -0.39 is 0 Å². The average molecular weight is 260 g/mol. The summed E-state index contributed by atoms with van der Waals surface area (Å²) in [5, 5.41) is 3.90. The molecule has 92 valence electrons. The summed E-state index contributed by atoms with van der Waals surface area (Å²) in [6, 6.07) is 12.8. The second kappa shape index (κ2) is 4.58.